The first-order chi connectivity index (χ1) is 8.52. The summed E-state index contributed by atoms with van der Waals surface area (Å²) in [6, 6.07) is 4.84. The van der Waals surface area contributed by atoms with Gasteiger partial charge in [0.1, 0.15) is 5.15 Å². The van der Waals surface area contributed by atoms with Gasteiger partial charge < -0.3 is 5.11 Å². The Hall–Kier alpha value is -0.510. The van der Waals surface area contributed by atoms with Crippen molar-refractivity contribution in [2.24, 2.45) is 0 Å². The number of hydrogen-bond donors (Lipinski definition) is 1. The Balaban J connectivity index is 2.68. The zero-order valence-electron chi connectivity index (χ0n) is 8.92. The van der Waals surface area contributed by atoms with Gasteiger partial charge in [-0.25, -0.2) is 4.98 Å². The topological polar surface area (TPSA) is 33.1 Å². The zero-order valence-corrected chi connectivity index (χ0v) is 11.9. The van der Waals surface area contributed by atoms with Crippen LogP contribution in [-0.2, 0) is 6.61 Å². The molecule has 0 amide bonds. The molecule has 0 aliphatic carbocycles. The minimum absolute atomic E-state index is 0.139. The maximum absolute atomic E-state index is 9.11. The molecule has 0 fully saturated rings. The summed E-state index contributed by atoms with van der Waals surface area (Å²) in [5.41, 5.74) is 1.74. The molecule has 0 saturated heterocycles. The van der Waals surface area contributed by atoms with E-state index in [0.29, 0.717) is 31.8 Å². The number of hydrogen-bond acceptors (Lipinski definition) is 2. The molecule has 0 radical (unpaired) electrons. The van der Waals surface area contributed by atoms with E-state index in [1.807, 2.05) is 0 Å². The fraction of sp³-hybridized carbons (Fsp3) is 0.0833. The van der Waals surface area contributed by atoms with Crippen LogP contribution in [0, 0.1) is 0 Å². The number of benzene rings is 1. The molecule has 1 N–H and O–H groups in total. The normalized spacial score (nSPS) is 10.7. The van der Waals surface area contributed by atoms with E-state index in [1.165, 1.54) is 6.20 Å². The Morgan fingerprint density at radius 2 is 1.61 bits per heavy atom. The number of rotatable bonds is 2. The van der Waals surface area contributed by atoms with E-state index in [2.05, 4.69) is 4.98 Å². The highest BCUT2D eigenvalue weighted by atomic mass is 35.5. The molecule has 0 bridgehead atoms. The van der Waals surface area contributed by atoms with Crippen molar-refractivity contribution in [2.75, 3.05) is 0 Å². The molecule has 1 aromatic heterocycles. The molecular formula is C12H7Cl4NO. The molecule has 2 rings (SSSR count). The minimum atomic E-state index is -0.139. The molecule has 1 aromatic carbocycles. The standard InChI is InChI=1S/C12H7Cl4NO/c13-7-2-9(14)11(10(15)3-7)8-1-6(5-18)4-17-12(8)16/h1-4,18H,5H2. The summed E-state index contributed by atoms with van der Waals surface area (Å²) in [5.74, 6) is 0. The van der Waals surface area contributed by atoms with Crippen molar-refractivity contribution in [1.82, 2.24) is 4.98 Å². The molecule has 2 nitrogen and oxygen atoms in total. The van der Waals surface area contributed by atoms with Gasteiger partial charge in [-0.05, 0) is 23.8 Å². The largest absolute Gasteiger partial charge is 0.392 e. The maximum atomic E-state index is 9.11. The van der Waals surface area contributed by atoms with Crippen LogP contribution in [0.25, 0.3) is 11.1 Å². The number of aromatic nitrogens is 1. The molecule has 94 valence electrons. The lowest BCUT2D eigenvalue weighted by molar-refractivity contribution is 0.281. The number of aliphatic hydroxyl groups is 1. The third-order valence-corrected chi connectivity index (χ3v) is 3.47. The quantitative estimate of drug-likeness (QED) is 0.801. The van der Waals surface area contributed by atoms with Crippen LogP contribution in [0.3, 0.4) is 0 Å². The van der Waals surface area contributed by atoms with E-state index in [1.54, 1.807) is 18.2 Å². The first-order valence-corrected chi connectivity index (χ1v) is 6.44. The van der Waals surface area contributed by atoms with E-state index < -0.39 is 0 Å². The Morgan fingerprint density at radius 1 is 1.00 bits per heavy atom. The van der Waals surface area contributed by atoms with Gasteiger partial charge in [0.2, 0.25) is 0 Å². The molecule has 2 aromatic rings. The highest BCUT2D eigenvalue weighted by molar-refractivity contribution is 6.43. The van der Waals surface area contributed by atoms with E-state index in [0.717, 1.165) is 0 Å². The molecule has 0 spiro atoms. The van der Waals surface area contributed by atoms with Gasteiger partial charge in [0, 0.05) is 22.3 Å². The lowest BCUT2D eigenvalue weighted by atomic mass is 10.1. The van der Waals surface area contributed by atoms with E-state index in [9.17, 15) is 0 Å². The summed E-state index contributed by atoms with van der Waals surface area (Å²) < 4.78 is 0. The van der Waals surface area contributed by atoms with Gasteiger partial charge in [-0.2, -0.15) is 0 Å². The second kappa shape index (κ2) is 5.64. The van der Waals surface area contributed by atoms with Gasteiger partial charge in [0.25, 0.3) is 0 Å². The summed E-state index contributed by atoms with van der Waals surface area (Å²) in [6.07, 6.45) is 1.49. The molecule has 0 aliphatic heterocycles. The molecule has 18 heavy (non-hydrogen) atoms. The van der Waals surface area contributed by atoms with Crippen LogP contribution < -0.4 is 0 Å². The predicted octanol–water partition coefficient (Wildman–Crippen LogP) is 4.85. The average molecular weight is 323 g/mol. The van der Waals surface area contributed by atoms with Crippen molar-refractivity contribution < 1.29 is 5.11 Å². The van der Waals surface area contributed by atoms with Crippen LogP contribution in [0.5, 0.6) is 0 Å². The summed E-state index contributed by atoms with van der Waals surface area (Å²) in [5, 5.41) is 10.6. The first kappa shape index (κ1) is 13.9. The van der Waals surface area contributed by atoms with Crippen LogP contribution in [0.2, 0.25) is 20.2 Å². The second-order valence-corrected chi connectivity index (χ2v) is 5.19. The average Bonchev–Trinajstić information content (AvgIpc) is 2.30. The number of pyridine rings is 1. The highest BCUT2D eigenvalue weighted by Crippen LogP contribution is 2.39. The summed E-state index contributed by atoms with van der Waals surface area (Å²) in [6.45, 7) is -0.139. The lowest BCUT2D eigenvalue weighted by Gasteiger charge is -2.10. The third-order valence-electron chi connectivity index (χ3n) is 2.35. The van der Waals surface area contributed by atoms with Crippen LogP contribution >= 0.6 is 46.4 Å². The fourth-order valence-electron chi connectivity index (χ4n) is 1.55. The molecule has 0 unspecified atom stereocenters. The van der Waals surface area contributed by atoms with Crippen LogP contribution in [0.1, 0.15) is 5.56 Å². The van der Waals surface area contributed by atoms with Crippen molar-refractivity contribution >= 4 is 46.4 Å². The Bertz CT molecular complexity index is 578. The zero-order chi connectivity index (χ0) is 13.3. The maximum Gasteiger partial charge on any atom is 0.136 e. The Labute approximate surface area is 124 Å². The third kappa shape index (κ3) is 2.73. The van der Waals surface area contributed by atoms with Gasteiger partial charge >= 0.3 is 0 Å². The van der Waals surface area contributed by atoms with Gasteiger partial charge in [-0.1, -0.05) is 46.4 Å². The van der Waals surface area contributed by atoms with Gasteiger partial charge in [0.15, 0.2) is 0 Å². The number of nitrogens with zero attached hydrogens (tertiary/aromatic N) is 1. The SMILES string of the molecule is OCc1cnc(Cl)c(-c2c(Cl)cc(Cl)cc2Cl)c1. The van der Waals surface area contributed by atoms with Gasteiger partial charge in [0.05, 0.1) is 16.7 Å². The summed E-state index contributed by atoms with van der Waals surface area (Å²) >= 11 is 24.1. The summed E-state index contributed by atoms with van der Waals surface area (Å²) in [4.78, 5) is 3.99. The highest BCUT2D eigenvalue weighted by Gasteiger charge is 2.14. The Kier molecular flexibility index (Phi) is 4.36. The fourth-order valence-corrected chi connectivity index (χ4v) is 2.77. The molecule has 0 atom stereocenters. The molecule has 0 aliphatic rings. The first-order valence-electron chi connectivity index (χ1n) is 4.93. The van der Waals surface area contributed by atoms with Gasteiger partial charge in [-0.15, -0.1) is 0 Å². The Morgan fingerprint density at radius 3 is 2.17 bits per heavy atom. The number of aliphatic hydroxyl groups excluding tert-OH is 1. The van der Waals surface area contributed by atoms with Crippen molar-refractivity contribution in [1.29, 1.82) is 0 Å². The van der Waals surface area contributed by atoms with Crippen LogP contribution in [0.4, 0.5) is 0 Å². The smallest absolute Gasteiger partial charge is 0.136 e. The molecule has 1 heterocycles. The second-order valence-electron chi connectivity index (χ2n) is 3.58. The van der Waals surface area contributed by atoms with E-state index >= 15 is 0 Å². The molecule has 6 heteroatoms. The van der Waals surface area contributed by atoms with Gasteiger partial charge in [-0.3, -0.25) is 0 Å². The van der Waals surface area contributed by atoms with Crippen molar-refractivity contribution in [3.05, 3.63) is 50.2 Å². The minimum Gasteiger partial charge on any atom is -0.392 e. The molecule has 0 saturated carbocycles. The van der Waals surface area contributed by atoms with E-state index in [-0.39, 0.29) is 11.8 Å². The van der Waals surface area contributed by atoms with Crippen molar-refractivity contribution in [3.63, 3.8) is 0 Å². The number of halogens is 4. The monoisotopic (exact) mass is 321 g/mol. The predicted molar refractivity (Wildman–Crippen MR) is 75.6 cm³/mol. The lowest BCUT2D eigenvalue weighted by Crippen LogP contribution is -1.91. The summed E-state index contributed by atoms with van der Waals surface area (Å²) in [7, 11) is 0. The van der Waals surface area contributed by atoms with Crippen molar-refractivity contribution in [3.8, 4) is 11.1 Å². The van der Waals surface area contributed by atoms with Crippen molar-refractivity contribution in [2.45, 2.75) is 6.61 Å². The molecular weight excluding hydrogens is 316 g/mol. The van der Waals surface area contributed by atoms with Crippen LogP contribution in [0.15, 0.2) is 24.4 Å². The van der Waals surface area contributed by atoms with Crippen LogP contribution in [-0.4, -0.2) is 10.1 Å². The van der Waals surface area contributed by atoms with E-state index in [4.69, 9.17) is 51.5 Å².